The maximum Gasteiger partial charge on any atom is 0.137 e. The lowest BCUT2D eigenvalue weighted by molar-refractivity contribution is 0.719. The van der Waals surface area contributed by atoms with Crippen LogP contribution in [0.5, 0.6) is 0 Å². The highest BCUT2D eigenvalue weighted by molar-refractivity contribution is 5.60. The van der Waals surface area contributed by atoms with Gasteiger partial charge in [0.1, 0.15) is 17.5 Å². The predicted octanol–water partition coefficient (Wildman–Crippen LogP) is 3.47. The van der Waals surface area contributed by atoms with Crippen molar-refractivity contribution < 1.29 is 0 Å². The van der Waals surface area contributed by atoms with Crippen molar-refractivity contribution >= 4 is 11.6 Å². The first kappa shape index (κ1) is 13.7. The Morgan fingerprint density at radius 1 is 1.25 bits per heavy atom. The fourth-order valence-corrected chi connectivity index (χ4v) is 2.99. The van der Waals surface area contributed by atoms with Crippen LogP contribution in [0.15, 0.2) is 0 Å². The number of nitrogens with one attached hydrogen (secondary N) is 1. The third-order valence-corrected chi connectivity index (χ3v) is 4.45. The number of hydrogen-bond donors (Lipinski definition) is 1. The highest BCUT2D eigenvalue weighted by Gasteiger charge is 2.30. The van der Waals surface area contributed by atoms with Gasteiger partial charge in [0.05, 0.1) is 0 Å². The van der Waals surface area contributed by atoms with Crippen molar-refractivity contribution in [3.8, 4) is 0 Å². The number of rotatable bonds is 5. The van der Waals surface area contributed by atoms with Crippen molar-refractivity contribution in [1.29, 1.82) is 0 Å². The fourth-order valence-electron chi connectivity index (χ4n) is 2.99. The molecule has 1 saturated carbocycles. The predicted molar refractivity (Wildman–Crippen MR) is 83.6 cm³/mol. The Kier molecular flexibility index (Phi) is 3.81. The molecular weight excluding hydrogens is 248 g/mol. The molecule has 0 radical (unpaired) electrons. The third kappa shape index (κ3) is 2.60. The maximum atomic E-state index is 4.91. The van der Waals surface area contributed by atoms with Gasteiger partial charge in [-0.25, -0.2) is 9.97 Å². The van der Waals surface area contributed by atoms with Gasteiger partial charge in [-0.1, -0.05) is 6.92 Å². The molecular formula is C16H26N4. The van der Waals surface area contributed by atoms with E-state index in [-0.39, 0.29) is 0 Å². The Morgan fingerprint density at radius 3 is 2.65 bits per heavy atom. The van der Waals surface area contributed by atoms with E-state index in [9.17, 15) is 0 Å². The topological polar surface area (TPSA) is 41.1 Å². The second kappa shape index (κ2) is 5.58. The van der Waals surface area contributed by atoms with Crippen LogP contribution in [0.1, 0.15) is 63.3 Å². The maximum absolute atomic E-state index is 4.91. The van der Waals surface area contributed by atoms with Gasteiger partial charge >= 0.3 is 0 Å². The molecule has 2 fully saturated rings. The Balaban J connectivity index is 1.95. The summed E-state index contributed by atoms with van der Waals surface area (Å²) in [6.07, 6.45) is 6.19. The number of anilines is 2. The minimum Gasteiger partial charge on any atom is -0.370 e. The molecule has 1 saturated heterocycles. The van der Waals surface area contributed by atoms with Crippen molar-refractivity contribution in [3.63, 3.8) is 0 Å². The van der Waals surface area contributed by atoms with Gasteiger partial charge in [0, 0.05) is 30.6 Å². The summed E-state index contributed by atoms with van der Waals surface area (Å²) in [5.41, 5.74) is 1.22. The molecule has 4 nitrogen and oxygen atoms in total. The molecule has 1 atom stereocenters. The second-order valence-electron chi connectivity index (χ2n) is 6.26. The van der Waals surface area contributed by atoms with Gasteiger partial charge in [-0.05, 0) is 46.0 Å². The molecule has 0 amide bonds. The van der Waals surface area contributed by atoms with E-state index in [1.165, 1.54) is 37.1 Å². The second-order valence-corrected chi connectivity index (χ2v) is 6.26. The van der Waals surface area contributed by atoms with Crippen LogP contribution < -0.4 is 10.2 Å². The minimum atomic E-state index is 0.606. The van der Waals surface area contributed by atoms with Crippen LogP contribution in [-0.2, 0) is 0 Å². The smallest absolute Gasteiger partial charge is 0.137 e. The molecule has 1 aliphatic carbocycles. The summed E-state index contributed by atoms with van der Waals surface area (Å²) in [6, 6.07) is 0.606. The Hall–Kier alpha value is -1.32. The largest absolute Gasteiger partial charge is 0.370 e. The van der Waals surface area contributed by atoms with Gasteiger partial charge in [-0.3, -0.25) is 0 Å². The van der Waals surface area contributed by atoms with E-state index >= 15 is 0 Å². The standard InChI is InChI=1S/C16H26N4/c1-4-9-17-14-12(3)16(20-10-5-6-11(20)2)19-15(18-14)13-7-8-13/h11,13H,4-10H2,1-3H3,(H,17,18,19). The first-order valence-corrected chi connectivity index (χ1v) is 8.09. The molecule has 2 heterocycles. The molecule has 1 unspecified atom stereocenters. The van der Waals surface area contributed by atoms with Crippen molar-refractivity contribution in [1.82, 2.24) is 9.97 Å². The Bertz CT molecular complexity index is 482. The van der Waals surface area contributed by atoms with Crippen LogP contribution in [0, 0.1) is 6.92 Å². The molecule has 0 spiro atoms. The molecule has 4 heteroatoms. The molecule has 2 aliphatic rings. The number of nitrogens with zero attached hydrogens (tertiary/aromatic N) is 3. The molecule has 1 aromatic rings. The first-order chi connectivity index (χ1) is 9.70. The van der Waals surface area contributed by atoms with Crippen LogP contribution in [0.2, 0.25) is 0 Å². The van der Waals surface area contributed by atoms with Gasteiger partial charge in [-0.15, -0.1) is 0 Å². The Morgan fingerprint density at radius 2 is 2.05 bits per heavy atom. The molecule has 1 aliphatic heterocycles. The van der Waals surface area contributed by atoms with Crippen LogP contribution in [-0.4, -0.2) is 29.1 Å². The number of hydrogen-bond acceptors (Lipinski definition) is 4. The van der Waals surface area contributed by atoms with E-state index in [0.29, 0.717) is 12.0 Å². The average Bonchev–Trinajstić information content (AvgIpc) is 3.20. The van der Waals surface area contributed by atoms with Gasteiger partial charge in [0.2, 0.25) is 0 Å². The van der Waals surface area contributed by atoms with E-state index in [2.05, 4.69) is 31.0 Å². The molecule has 1 N–H and O–H groups in total. The molecule has 20 heavy (non-hydrogen) atoms. The van der Waals surface area contributed by atoms with Gasteiger partial charge in [0.15, 0.2) is 0 Å². The summed E-state index contributed by atoms with van der Waals surface area (Å²) in [6.45, 7) is 8.78. The zero-order valence-corrected chi connectivity index (χ0v) is 12.9. The van der Waals surface area contributed by atoms with Gasteiger partial charge < -0.3 is 10.2 Å². The first-order valence-electron chi connectivity index (χ1n) is 8.09. The molecule has 1 aromatic heterocycles. The summed E-state index contributed by atoms with van der Waals surface area (Å²) in [5.74, 6) is 3.89. The lowest BCUT2D eigenvalue weighted by Gasteiger charge is -2.26. The zero-order valence-electron chi connectivity index (χ0n) is 12.9. The normalized spacial score (nSPS) is 22.4. The van der Waals surface area contributed by atoms with E-state index < -0.39 is 0 Å². The zero-order chi connectivity index (χ0) is 14.1. The quantitative estimate of drug-likeness (QED) is 0.892. The van der Waals surface area contributed by atoms with Gasteiger partial charge in [-0.2, -0.15) is 0 Å². The minimum absolute atomic E-state index is 0.606. The van der Waals surface area contributed by atoms with Crippen LogP contribution >= 0.6 is 0 Å². The summed E-state index contributed by atoms with van der Waals surface area (Å²) < 4.78 is 0. The summed E-state index contributed by atoms with van der Waals surface area (Å²) in [4.78, 5) is 12.2. The van der Waals surface area contributed by atoms with E-state index in [0.717, 1.165) is 31.2 Å². The van der Waals surface area contributed by atoms with E-state index in [1.807, 2.05) is 0 Å². The van der Waals surface area contributed by atoms with Crippen LogP contribution in [0.3, 0.4) is 0 Å². The summed E-state index contributed by atoms with van der Waals surface area (Å²) in [5, 5.41) is 3.49. The van der Waals surface area contributed by atoms with Crippen LogP contribution in [0.25, 0.3) is 0 Å². The summed E-state index contributed by atoms with van der Waals surface area (Å²) in [7, 11) is 0. The van der Waals surface area contributed by atoms with Crippen LogP contribution in [0.4, 0.5) is 11.6 Å². The molecule has 0 bridgehead atoms. The molecule has 110 valence electrons. The third-order valence-electron chi connectivity index (χ3n) is 4.45. The fraction of sp³-hybridized carbons (Fsp3) is 0.750. The lowest BCUT2D eigenvalue weighted by atomic mass is 10.2. The van der Waals surface area contributed by atoms with Crippen molar-refractivity contribution in [2.75, 3.05) is 23.3 Å². The molecule has 3 rings (SSSR count). The Labute approximate surface area is 122 Å². The molecule has 0 aromatic carbocycles. The van der Waals surface area contributed by atoms with E-state index in [4.69, 9.17) is 9.97 Å². The monoisotopic (exact) mass is 274 g/mol. The SMILES string of the molecule is CCCNc1nc(C2CC2)nc(N2CCCC2C)c1C. The lowest BCUT2D eigenvalue weighted by Crippen LogP contribution is -2.29. The highest BCUT2D eigenvalue weighted by Crippen LogP contribution is 2.40. The summed E-state index contributed by atoms with van der Waals surface area (Å²) >= 11 is 0. The van der Waals surface area contributed by atoms with Crippen molar-refractivity contribution in [3.05, 3.63) is 11.4 Å². The van der Waals surface area contributed by atoms with E-state index in [1.54, 1.807) is 0 Å². The van der Waals surface area contributed by atoms with Crippen molar-refractivity contribution in [2.24, 2.45) is 0 Å². The van der Waals surface area contributed by atoms with Crippen molar-refractivity contribution in [2.45, 2.75) is 64.8 Å². The van der Waals surface area contributed by atoms with Gasteiger partial charge in [0.25, 0.3) is 0 Å². The highest BCUT2D eigenvalue weighted by atomic mass is 15.2. The number of aromatic nitrogens is 2. The average molecular weight is 274 g/mol.